The molecule has 1 amide bonds. The number of carbonyl (C=O) groups is 1. The number of carbonyl (C=O) groups excluding carboxylic acids is 1. The van der Waals surface area contributed by atoms with Crippen molar-refractivity contribution in [3.8, 4) is 0 Å². The van der Waals surface area contributed by atoms with E-state index in [0.29, 0.717) is 17.4 Å². The van der Waals surface area contributed by atoms with Crippen LogP contribution in [-0.2, 0) is 4.79 Å². The van der Waals surface area contributed by atoms with Crippen molar-refractivity contribution in [2.75, 3.05) is 19.6 Å². The zero-order chi connectivity index (χ0) is 14.0. The van der Waals surface area contributed by atoms with Crippen molar-refractivity contribution in [3.63, 3.8) is 0 Å². The molecule has 2 saturated heterocycles. The topological polar surface area (TPSA) is 32.3 Å². The number of likely N-dealkylation sites (tertiary alicyclic amines) is 1. The predicted molar refractivity (Wildman–Crippen MR) is 78.9 cm³/mol. The second-order valence-electron chi connectivity index (χ2n) is 7.55. The van der Waals surface area contributed by atoms with Crippen molar-refractivity contribution in [2.24, 2.45) is 17.3 Å². The van der Waals surface area contributed by atoms with Crippen LogP contribution in [0.5, 0.6) is 0 Å². The van der Waals surface area contributed by atoms with E-state index in [0.717, 1.165) is 38.4 Å². The molecule has 2 rings (SSSR count). The lowest BCUT2D eigenvalue weighted by Gasteiger charge is -2.40. The zero-order valence-corrected chi connectivity index (χ0v) is 13.0. The van der Waals surface area contributed by atoms with Crippen LogP contribution in [0.25, 0.3) is 0 Å². The van der Waals surface area contributed by atoms with Crippen molar-refractivity contribution in [3.05, 3.63) is 0 Å². The lowest BCUT2D eigenvalue weighted by Crippen LogP contribution is -2.48. The van der Waals surface area contributed by atoms with Gasteiger partial charge in [0.15, 0.2) is 0 Å². The van der Waals surface area contributed by atoms with Gasteiger partial charge in [-0.2, -0.15) is 0 Å². The van der Waals surface area contributed by atoms with Gasteiger partial charge in [-0.15, -0.1) is 0 Å². The summed E-state index contributed by atoms with van der Waals surface area (Å²) in [5, 5.41) is 3.44. The van der Waals surface area contributed by atoms with E-state index in [2.05, 4.69) is 37.9 Å². The average Bonchev–Trinajstić information content (AvgIpc) is 2.38. The molecule has 2 atom stereocenters. The molecule has 0 aromatic rings. The normalized spacial score (nSPS) is 30.4. The Kier molecular flexibility index (Phi) is 4.54. The van der Waals surface area contributed by atoms with E-state index >= 15 is 0 Å². The first kappa shape index (κ1) is 14.8. The van der Waals surface area contributed by atoms with Crippen LogP contribution in [0, 0.1) is 17.3 Å². The van der Waals surface area contributed by atoms with Crippen molar-refractivity contribution in [1.82, 2.24) is 10.2 Å². The molecule has 1 N–H and O–H groups in total. The quantitative estimate of drug-likeness (QED) is 0.791. The summed E-state index contributed by atoms with van der Waals surface area (Å²) in [5.74, 6) is 1.38. The third-order valence-corrected chi connectivity index (χ3v) is 5.04. The minimum atomic E-state index is 0.224. The van der Waals surface area contributed by atoms with Gasteiger partial charge in [0.1, 0.15) is 0 Å². The minimum Gasteiger partial charge on any atom is -0.342 e. The van der Waals surface area contributed by atoms with E-state index in [1.54, 1.807) is 0 Å². The summed E-state index contributed by atoms with van der Waals surface area (Å²) in [6, 6.07) is 0.579. The highest BCUT2D eigenvalue weighted by Crippen LogP contribution is 2.34. The largest absolute Gasteiger partial charge is 0.342 e. The van der Waals surface area contributed by atoms with Gasteiger partial charge in [-0.25, -0.2) is 0 Å². The van der Waals surface area contributed by atoms with Crippen LogP contribution in [0.1, 0.15) is 53.4 Å². The molecule has 2 fully saturated rings. The number of nitrogens with zero attached hydrogens (tertiary/aromatic N) is 1. The fourth-order valence-corrected chi connectivity index (χ4v) is 3.43. The Hall–Kier alpha value is -0.570. The molecule has 0 radical (unpaired) electrons. The van der Waals surface area contributed by atoms with Crippen molar-refractivity contribution >= 4 is 5.91 Å². The van der Waals surface area contributed by atoms with Gasteiger partial charge in [-0.1, -0.05) is 20.8 Å². The first-order chi connectivity index (χ1) is 8.88. The van der Waals surface area contributed by atoms with E-state index in [-0.39, 0.29) is 5.92 Å². The molecule has 2 aliphatic heterocycles. The number of hydrogen-bond donors (Lipinski definition) is 1. The summed E-state index contributed by atoms with van der Waals surface area (Å²) < 4.78 is 0. The van der Waals surface area contributed by atoms with E-state index in [1.807, 2.05) is 0 Å². The molecule has 19 heavy (non-hydrogen) atoms. The summed E-state index contributed by atoms with van der Waals surface area (Å²) in [4.78, 5) is 14.6. The summed E-state index contributed by atoms with van der Waals surface area (Å²) in [5.41, 5.74) is 0.386. The molecule has 110 valence electrons. The van der Waals surface area contributed by atoms with Crippen LogP contribution < -0.4 is 5.32 Å². The average molecular weight is 266 g/mol. The van der Waals surface area contributed by atoms with Gasteiger partial charge in [0, 0.05) is 25.7 Å². The highest BCUT2D eigenvalue weighted by Gasteiger charge is 2.33. The molecular formula is C16H30N2O. The van der Waals surface area contributed by atoms with Gasteiger partial charge in [0.2, 0.25) is 5.91 Å². The molecule has 0 aliphatic carbocycles. The van der Waals surface area contributed by atoms with Gasteiger partial charge < -0.3 is 10.2 Å². The second-order valence-corrected chi connectivity index (χ2v) is 7.55. The maximum atomic E-state index is 12.5. The predicted octanol–water partition coefficient (Wildman–Crippen LogP) is 2.66. The van der Waals surface area contributed by atoms with E-state index in [9.17, 15) is 4.79 Å². The van der Waals surface area contributed by atoms with E-state index < -0.39 is 0 Å². The van der Waals surface area contributed by atoms with Gasteiger partial charge in [0.25, 0.3) is 0 Å². The molecular weight excluding hydrogens is 236 g/mol. The van der Waals surface area contributed by atoms with Crippen LogP contribution in [0.3, 0.4) is 0 Å². The highest BCUT2D eigenvalue weighted by atomic mass is 16.2. The Morgan fingerprint density at radius 2 is 1.74 bits per heavy atom. The molecule has 2 aliphatic rings. The van der Waals surface area contributed by atoms with Crippen LogP contribution >= 0.6 is 0 Å². The van der Waals surface area contributed by atoms with Gasteiger partial charge in [-0.05, 0) is 43.9 Å². The first-order valence-corrected chi connectivity index (χ1v) is 7.90. The number of amides is 1. The number of rotatable bonds is 1. The Bertz CT molecular complexity index is 305. The molecule has 2 heterocycles. The monoisotopic (exact) mass is 266 g/mol. The van der Waals surface area contributed by atoms with Crippen LogP contribution in [0.2, 0.25) is 0 Å². The van der Waals surface area contributed by atoms with Crippen LogP contribution in [-0.4, -0.2) is 36.5 Å². The molecule has 0 aromatic carbocycles. The highest BCUT2D eigenvalue weighted by molar-refractivity contribution is 5.79. The van der Waals surface area contributed by atoms with Crippen molar-refractivity contribution in [1.29, 1.82) is 0 Å². The lowest BCUT2D eigenvalue weighted by atomic mass is 9.75. The Morgan fingerprint density at radius 1 is 1.11 bits per heavy atom. The van der Waals surface area contributed by atoms with Crippen molar-refractivity contribution in [2.45, 2.75) is 59.4 Å². The SMILES string of the molecule is CC1CCC(C(=O)N2CCC(C(C)(C)C)CC2)CN1. The van der Waals surface area contributed by atoms with E-state index in [1.165, 1.54) is 12.8 Å². The van der Waals surface area contributed by atoms with Crippen LogP contribution in [0.4, 0.5) is 0 Å². The Morgan fingerprint density at radius 3 is 2.21 bits per heavy atom. The van der Waals surface area contributed by atoms with E-state index in [4.69, 9.17) is 0 Å². The Labute approximate surface area is 118 Å². The van der Waals surface area contributed by atoms with Gasteiger partial charge in [0.05, 0.1) is 5.92 Å². The summed E-state index contributed by atoms with van der Waals surface area (Å²) in [6.07, 6.45) is 4.54. The second kappa shape index (κ2) is 5.82. The summed E-state index contributed by atoms with van der Waals surface area (Å²) >= 11 is 0. The van der Waals surface area contributed by atoms with Crippen molar-refractivity contribution < 1.29 is 4.79 Å². The number of hydrogen-bond acceptors (Lipinski definition) is 2. The fourth-order valence-electron chi connectivity index (χ4n) is 3.43. The Balaban J connectivity index is 1.82. The van der Waals surface area contributed by atoms with Gasteiger partial charge >= 0.3 is 0 Å². The zero-order valence-electron chi connectivity index (χ0n) is 13.0. The molecule has 0 aromatic heterocycles. The third kappa shape index (κ3) is 3.71. The molecule has 3 nitrogen and oxygen atoms in total. The smallest absolute Gasteiger partial charge is 0.226 e. The molecule has 0 saturated carbocycles. The fraction of sp³-hybridized carbons (Fsp3) is 0.938. The standard InChI is InChI=1S/C16H30N2O/c1-12-5-6-13(11-17-12)15(19)18-9-7-14(8-10-18)16(2,3)4/h12-14,17H,5-11H2,1-4H3. The maximum absolute atomic E-state index is 12.5. The lowest BCUT2D eigenvalue weighted by molar-refractivity contribution is -0.138. The molecule has 0 bridgehead atoms. The van der Waals surface area contributed by atoms with Gasteiger partial charge in [-0.3, -0.25) is 4.79 Å². The van der Waals surface area contributed by atoms with Crippen LogP contribution in [0.15, 0.2) is 0 Å². The third-order valence-electron chi connectivity index (χ3n) is 5.04. The number of piperidine rings is 2. The first-order valence-electron chi connectivity index (χ1n) is 7.90. The summed E-state index contributed by atoms with van der Waals surface area (Å²) in [6.45, 7) is 12.0. The molecule has 3 heteroatoms. The minimum absolute atomic E-state index is 0.224. The maximum Gasteiger partial charge on any atom is 0.226 e. The molecule has 0 spiro atoms. The number of nitrogens with one attached hydrogen (secondary N) is 1. The molecule has 2 unspecified atom stereocenters. The summed E-state index contributed by atoms with van der Waals surface area (Å²) in [7, 11) is 0.